The van der Waals surface area contributed by atoms with Crippen molar-refractivity contribution < 1.29 is 0 Å². The summed E-state index contributed by atoms with van der Waals surface area (Å²) in [7, 11) is 0. The molecule has 1 aromatic heterocycles. The molecule has 19 heavy (non-hydrogen) atoms. The molecule has 0 radical (unpaired) electrons. The first-order valence-electron chi connectivity index (χ1n) is 7.46. The summed E-state index contributed by atoms with van der Waals surface area (Å²) >= 11 is 3.55. The number of halogens is 1. The smallest absolute Gasteiger partial charge is 0.133 e. The molecule has 1 aromatic rings. The first kappa shape index (κ1) is 13.4. The maximum absolute atomic E-state index is 4.68. The molecule has 1 aliphatic carbocycles. The predicted molar refractivity (Wildman–Crippen MR) is 82.5 cm³/mol. The third-order valence-corrected chi connectivity index (χ3v) is 4.41. The third kappa shape index (κ3) is 3.69. The lowest BCUT2D eigenvalue weighted by atomic mass is 10.2. The molecule has 0 atom stereocenters. The van der Waals surface area contributed by atoms with E-state index < -0.39 is 0 Å². The Morgan fingerprint density at radius 2 is 1.95 bits per heavy atom. The van der Waals surface area contributed by atoms with Gasteiger partial charge in [0.2, 0.25) is 0 Å². The Balaban J connectivity index is 1.76. The van der Waals surface area contributed by atoms with Crippen molar-refractivity contribution in [2.45, 2.75) is 51.1 Å². The first-order chi connectivity index (χ1) is 9.33. The second kappa shape index (κ2) is 6.23. The van der Waals surface area contributed by atoms with Crippen molar-refractivity contribution in [2.75, 3.05) is 18.0 Å². The van der Waals surface area contributed by atoms with E-state index in [4.69, 9.17) is 0 Å². The molecular formula is C15H22BrN3. The zero-order valence-corrected chi connectivity index (χ0v) is 13.0. The Morgan fingerprint density at radius 3 is 2.63 bits per heavy atom. The zero-order chi connectivity index (χ0) is 13.1. The van der Waals surface area contributed by atoms with Crippen molar-refractivity contribution >= 4 is 21.7 Å². The summed E-state index contributed by atoms with van der Waals surface area (Å²) in [6.07, 6.45) is 9.92. The van der Waals surface area contributed by atoms with Crippen LogP contribution in [0.3, 0.4) is 0 Å². The minimum atomic E-state index is 0.746. The fourth-order valence-corrected chi connectivity index (χ4v) is 3.09. The van der Waals surface area contributed by atoms with Crippen LogP contribution in [0.4, 0.5) is 5.82 Å². The Hall–Kier alpha value is -0.610. The van der Waals surface area contributed by atoms with Gasteiger partial charge in [-0.1, -0.05) is 12.8 Å². The van der Waals surface area contributed by atoms with E-state index in [9.17, 15) is 0 Å². The van der Waals surface area contributed by atoms with E-state index in [1.165, 1.54) is 49.9 Å². The number of aromatic nitrogens is 1. The van der Waals surface area contributed by atoms with Crippen molar-refractivity contribution in [1.29, 1.82) is 0 Å². The lowest BCUT2D eigenvalue weighted by molar-refractivity contribution is 0.678. The molecule has 0 unspecified atom stereocenters. The van der Waals surface area contributed by atoms with Gasteiger partial charge in [-0.2, -0.15) is 0 Å². The molecule has 0 aromatic carbocycles. The van der Waals surface area contributed by atoms with E-state index in [0.717, 1.165) is 30.1 Å². The van der Waals surface area contributed by atoms with E-state index in [1.54, 1.807) is 0 Å². The topological polar surface area (TPSA) is 28.2 Å². The molecule has 104 valence electrons. The Kier molecular flexibility index (Phi) is 4.38. The molecule has 1 saturated carbocycles. The highest BCUT2D eigenvalue weighted by Gasteiger charge is 2.22. The van der Waals surface area contributed by atoms with Crippen molar-refractivity contribution in [3.8, 4) is 0 Å². The lowest BCUT2D eigenvalue weighted by Crippen LogP contribution is -2.27. The van der Waals surface area contributed by atoms with Gasteiger partial charge in [-0.25, -0.2) is 4.98 Å². The number of nitrogens with zero attached hydrogens (tertiary/aromatic N) is 2. The van der Waals surface area contributed by atoms with Crippen LogP contribution < -0.4 is 10.2 Å². The van der Waals surface area contributed by atoms with Gasteiger partial charge in [0.15, 0.2) is 0 Å². The quantitative estimate of drug-likeness (QED) is 0.919. The van der Waals surface area contributed by atoms with Crippen LogP contribution in [0.15, 0.2) is 16.7 Å². The van der Waals surface area contributed by atoms with E-state index in [-0.39, 0.29) is 0 Å². The molecule has 0 amide bonds. The van der Waals surface area contributed by atoms with Gasteiger partial charge in [0.25, 0.3) is 0 Å². The third-order valence-electron chi connectivity index (χ3n) is 3.97. The van der Waals surface area contributed by atoms with E-state index in [2.05, 4.69) is 37.2 Å². The fourth-order valence-electron chi connectivity index (χ4n) is 2.71. The summed E-state index contributed by atoms with van der Waals surface area (Å²) in [5.41, 5.74) is 1.34. The van der Waals surface area contributed by atoms with E-state index >= 15 is 0 Å². The second-order valence-electron chi connectivity index (χ2n) is 5.69. The van der Waals surface area contributed by atoms with Crippen LogP contribution in [-0.2, 0) is 6.54 Å². The normalized spacial score (nSPS) is 20.4. The number of pyridine rings is 1. The monoisotopic (exact) mass is 323 g/mol. The molecule has 2 fully saturated rings. The van der Waals surface area contributed by atoms with Crippen LogP contribution in [0.1, 0.15) is 44.1 Å². The number of nitrogens with one attached hydrogen (secondary N) is 1. The maximum Gasteiger partial charge on any atom is 0.133 e. The minimum Gasteiger partial charge on any atom is -0.356 e. The predicted octanol–water partition coefficient (Wildman–Crippen LogP) is 3.48. The summed E-state index contributed by atoms with van der Waals surface area (Å²) < 4.78 is 1.08. The van der Waals surface area contributed by atoms with Crippen LogP contribution >= 0.6 is 15.9 Å². The van der Waals surface area contributed by atoms with Gasteiger partial charge in [-0.15, -0.1) is 0 Å². The first-order valence-corrected chi connectivity index (χ1v) is 8.25. The molecule has 0 spiro atoms. The fraction of sp³-hybridized carbons (Fsp3) is 0.667. The number of hydrogen-bond acceptors (Lipinski definition) is 3. The molecule has 4 heteroatoms. The Morgan fingerprint density at radius 1 is 1.21 bits per heavy atom. The van der Waals surface area contributed by atoms with Crippen molar-refractivity contribution in [3.63, 3.8) is 0 Å². The summed E-state index contributed by atoms with van der Waals surface area (Å²) in [6.45, 7) is 3.26. The van der Waals surface area contributed by atoms with Gasteiger partial charge in [-0.05, 0) is 47.7 Å². The number of anilines is 1. The Bertz CT molecular complexity index is 423. The second-order valence-corrected chi connectivity index (χ2v) is 6.61. The van der Waals surface area contributed by atoms with Crippen LogP contribution in [0.25, 0.3) is 0 Å². The molecule has 1 aliphatic heterocycles. The summed E-state index contributed by atoms with van der Waals surface area (Å²) in [5.74, 6) is 1.19. The van der Waals surface area contributed by atoms with Gasteiger partial charge < -0.3 is 10.2 Å². The van der Waals surface area contributed by atoms with Crippen molar-refractivity contribution in [2.24, 2.45) is 0 Å². The SMILES string of the molecule is Brc1cnc(N2CCCCCC2)c(CNC2CC2)c1. The van der Waals surface area contributed by atoms with Gasteiger partial charge >= 0.3 is 0 Å². The summed E-state index contributed by atoms with van der Waals surface area (Å²) in [6, 6.07) is 2.97. The van der Waals surface area contributed by atoms with E-state index in [0.29, 0.717) is 0 Å². The summed E-state index contributed by atoms with van der Waals surface area (Å²) in [4.78, 5) is 7.16. The largest absolute Gasteiger partial charge is 0.356 e. The van der Waals surface area contributed by atoms with Gasteiger partial charge in [-0.3, -0.25) is 0 Å². The highest BCUT2D eigenvalue weighted by Crippen LogP contribution is 2.26. The van der Waals surface area contributed by atoms with Gasteiger partial charge in [0.05, 0.1) is 0 Å². The molecule has 0 bridgehead atoms. The van der Waals surface area contributed by atoms with Crippen LogP contribution in [0, 0.1) is 0 Å². The average molecular weight is 324 g/mol. The number of hydrogen-bond donors (Lipinski definition) is 1. The average Bonchev–Trinajstić information content (AvgIpc) is 3.24. The molecular weight excluding hydrogens is 302 g/mol. The standard InChI is InChI=1S/C15H22BrN3/c16-13-9-12(10-17-14-5-6-14)15(18-11-13)19-7-3-1-2-4-8-19/h9,11,14,17H,1-8,10H2. The number of rotatable bonds is 4. The lowest BCUT2D eigenvalue weighted by Gasteiger charge is -2.24. The van der Waals surface area contributed by atoms with Gasteiger partial charge in [0, 0.05) is 41.9 Å². The molecule has 1 saturated heterocycles. The minimum absolute atomic E-state index is 0.746. The van der Waals surface area contributed by atoms with Crippen LogP contribution in [0.5, 0.6) is 0 Å². The molecule has 2 aliphatic rings. The van der Waals surface area contributed by atoms with E-state index in [1.807, 2.05) is 6.20 Å². The summed E-state index contributed by atoms with van der Waals surface area (Å²) in [5, 5.41) is 3.61. The highest BCUT2D eigenvalue weighted by molar-refractivity contribution is 9.10. The Labute approximate surface area is 123 Å². The molecule has 2 heterocycles. The van der Waals surface area contributed by atoms with Crippen molar-refractivity contribution in [3.05, 3.63) is 22.3 Å². The van der Waals surface area contributed by atoms with Crippen LogP contribution in [-0.4, -0.2) is 24.1 Å². The van der Waals surface area contributed by atoms with Gasteiger partial charge in [0.1, 0.15) is 5.82 Å². The van der Waals surface area contributed by atoms with Crippen molar-refractivity contribution in [1.82, 2.24) is 10.3 Å². The maximum atomic E-state index is 4.68. The molecule has 3 rings (SSSR count). The highest BCUT2D eigenvalue weighted by atomic mass is 79.9. The zero-order valence-electron chi connectivity index (χ0n) is 11.4. The molecule has 3 nitrogen and oxygen atoms in total. The molecule has 1 N–H and O–H groups in total. The van der Waals surface area contributed by atoms with Crippen LogP contribution in [0.2, 0.25) is 0 Å².